The molecule has 3 aromatic heterocycles. The summed E-state index contributed by atoms with van der Waals surface area (Å²) in [5.41, 5.74) is 3.15. The van der Waals surface area contributed by atoms with Gasteiger partial charge in [-0.1, -0.05) is 37.3 Å². The molecule has 8 heteroatoms. The molecule has 0 bridgehead atoms. The van der Waals surface area contributed by atoms with Crippen molar-refractivity contribution in [3.63, 3.8) is 0 Å². The normalized spacial score (nSPS) is 18.5. The van der Waals surface area contributed by atoms with Crippen LogP contribution in [0.15, 0.2) is 73.8 Å². The van der Waals surface area contributed by atoms with Gasteiger partial charge in [0, 0.05) is 55.8 Å². The second kappa shape index (κ2) is 9.13. The van der Waals surface area contributed by atoms with Crippen LogP contribution in [-0.4, -0.2) is 42.1 Å². The van der Waals surface area contributed by atoms with Gasteiger partial charge in [-0.25, -0.2) is 24.9 Å². The zero-order chi connectivity index (χ0) is 21.8. The first-order chi connectivity index (χ1) is 15.8. The van der Waals surface area contributed by atoms with E-state index >= 15 is 0 Å². The summed E-state index contributed by atoms with van der Waals surface area (Å²) in [6, 6.07) is 12.0. The Morgan fingerprint density at radius 3 is 2.62 bits per heavy atom. The third-order valence-corrected chi connectivity index (χ3v) is 5.74. The Balaban J connectivity index is 1.43. The van der Waals surface area contributed by atoms with Crippen LogP contribution >= 0.6 is 0 Å². The first kappa shape index (κ1) is 20.1. The van der Waals surface area contributed by atoms with Gasteiger partial charge in [-0.05, 0) is 12.0 Å². The summed E-state index contributed by atoms with van der Waals surface area (Å²) in [6.07, 6.45) is 13.5. The predicted octanol–water partition coefficient (Wildman–Crippen LogP) is 3.94. The molecule has 1 aliphatic rings. The van der Waals surface area contributed by atoms with E-state index in [2.05, 4.69) is 59.6 Å². The molecule has 1 saturated heterocycles. The molecule has 162 valence electrons. The van der Waals surface area contributed by atoms with E-state index in [0.29, 0.717) is 5.88 Å². The molecule has 5 rings (SSSR count). The lowest BCUT2D eigenvalue weighted by Crippen LogP contribution is -2.44. The highest BCUT2D eigenvalue weighted by Crippen LogP contribution is 2.32. The molecular formula is C24H25N7O. The predicted molar refractivity (Wildman–Crippen MR) is 121 cm³/mol. The third-order valence-electron chi connectivity index (χ3n) is 5.74. The lowest BCUT2D eigenvalue weighted by molar-refractivity contribution is 0.129. The number of imidazole rings is 1. The van der Waals surface area contributed by atoms with Gasteiger partial charge in [0.05, 0.1) is 12.0 Å². The van der Waals surface area contributed by atoms with Crippen molar-refractivity contribution >= 4 is 5.95 Å². The van der Waals surface area contributed by atoms with Gasteiger partial charge in [-0.2, -0.15) is 0 Å². The molecule has 1 fully saturated rings. The van der Waals surface area contributed by atoms with E-state index < -0.39 is 0 Å². The van der Waals surface area contributed by atoms with Crippen molar-refractivity contribution < 1.29 is 4.74 Å². The molecular weight excluding hydrogens is 402 g/mol. The van der Waals surface area contributed by atoms with E-state index in [1.165, 1.54) is 6.33 Å². The van der Waals surface area contributed by atoms with E-state index in [1.54, 1.807) is 12.3 Å². The summed E-state index contributed by atoms with van der Waals surface area (Å²) >= 11 is 0. The Labute approximate surface area is 187 Å². The molecule has 0 spiro atoms. The van der Waals surface area contributed by atoms with Crippen LogP contribution in [0.5, 0.6) is 5.88 Å². The van der Waals surface area contributed by atoms with Gasteiger partial charge < -0.3 is 14.2 Å². The fourth-order valence-electron chi connectivity index (χ4n) is 3.99. The molecule has 8 nitrogen and oxygen atoms in total. The zero-order valence-electron chi connectivity index (χ0n) is 18.0. The van der Waals surface area contributed by atoms with Gasteiger partial charge in [0.25, 0.3) is 0 Å². The molecule has 4 aromatic rings. The molecule has 0 saturated carbocycles. The fraction of sp³-hybridized carbons (Fsp3) is 0.292. The Morgan fingerprint density at radius 2 is 1.88 bits per heavy atom. The van der Waals surface area contributed by atoms with E-state index in [9.17, 15) is 0 Å². The van der Waals surface area contributed by atoms with Crippen LogP contribution in [0.3, 0.4) is 0 Å². The molecule has 1 aliphatic heterocycles. The number of anilines is 1. The van der Waals surface area contributed by atoms with Gasteiger partial charge in [0.2, 0.25) is 11.8 Å². The average molecular weight is 428 g/mol. The highest BCUT2D eigenvalue weighted by molar-refractivity contribution is 5.57. The van der Waals surface area contributed by atoms with Crippen molar-refractivity contribution in [3.05, 3.63) is 79.4 Å². The van der Waals surface area contributed by atoms with Crippen molar-refractivity contribution in [2.45, 2.75) is 38.5 Å². The maximum atomic E-state index is 6.17. The molecule has 0 amide bonds. The molecule has 2 unspecified atom stereocenters. The number of nitrogens with zero attached hydrogens (tertiary/aromatic N) is 7. The largest absolute Gasteiger partial charge is 0.474 e. The van der Waals surface area contributed by atoms with Gasteiger partial charge in [0.15, 0.2) is 0 Å². The van der Waals surface area contributed by atoms with Crippen LogP contribution in [0.1, 0.15) is 31.5 Å². The SMILES string of the molecule is CCc1cnc(N2CCC(Oc3ccncn3)CC2n2cnc(-c3ccccc3)c2)nc1. The zero-order valence-corrected chi connectivity index (χ0v) is 18.0. The van der Waals surface area contributed by atoms with E-state index in [0.717, 1.165) is 48.6 Å². The maximum Gasteiger partial charge on any atom is 0.226 e. The monoisotopic (exact) mass is 427 g/mol. The van der Waals surface area contributed by atoms with E-state index in [1.807, 2.05) is 36.9 Å². The minimum Gasteiger partial charge on any atom is -0.474 e. The number of hydrogen-bond acceptors (Lipinski definition) is 7. The van der Waals surface area contributed by atoms with Crippen LogP contribution in [0.2, 0.25) is 0 Å². The number of aryl methyl sites for hydroxylation is 1. The number of rotatable bonds is 6. The first-order valence-corrected chi connectivity index (χ1v) is 10.9. The Kier molecular flexibility index (Phi) is 5.74. The molecule has 0 N–H and O–H groups in total. The molecule has 0 radical (unpaired) electrons. The van der Waals surface area contributed by atoms with Crippen molar-refractivity contribution in [2.24, 2.45) is 0 Å². The number of benzene rings is 1. The van der Waals surface area contributed by atoms with Gasteiger partial charge in [0.1, 0.15) is 18.6 Å². The van der Waals surface area contributed by atoms with Crippen LogP contribution < -0.4 is 9.64 Å². The molecule has 32 heavy (non-hydrogen) atoms. The Morgan fingerprint density at radius 1 is 1.03 bits per heavy atom. The van der Waals surface area contributed by atoms with Crippen molar-refractivity contribution in [1.82, 2.24) is 29.5 Å². The average Bonchev–Trinajstić information content (AvgIpc) is 3.36. The van der Waals surface area contributed by atoms with Crippen molar-refractivity contribution in [1.29, 1.82) is 0 Å². The van der Waals surface area contributed by atoms with Crippen LogP contribution in [0.4, 0.5) is 5.95 Å². The summed E-state index contributed by atoms with van der Waals surface area (Å²) in [5.74, 6) is 1.32. The van der Waals surface area contributed by atoms with Crippen LogP contribution in [0, 0.1) is 0 Å². The van der Waals surface area contributed by atoms with Gasteiger partial charge in [-0.3, -0.25) is 0 Å². The standard InChI is InChI=1S/C24H25N7O/c1-2-18-13-26-24(27-14-18)31-11-9-20(32-22-8-10-25-16-28-22)12-23(31)30-15-21(29-17-30)19-6-4-3-5-7-19/h3-8,10,13-17,20,23H,2,9,11-12H2,1H3. The van der Waals surface area contributed by atoms with Crippen LogP contribution in [0.25, 0.3) is 11.3 Å². The lowest BCUT2D eigenvalue weighted by Gasteiger charge is -2.39. The molecule has 4 heterocycles. The van der Waals surface area contributed by atoms with E-state index in [-0.39, 0.29) is 12.3 Å². The second-order valence-corrected chi connectivity index (χ2v) is 7.80. The number of aromatic nitrogens is 6. The van der Waals surface area contributed by atoms with Gasteiger partial charge >= 0.3 is 0 Å². The maximum absolute atomic E-state index is 6.17. The Hall–Kier alpha value is -3.81. The summed E-state index contributed by atoms with van der Waals surface area (Å²) in [6.45, 7) is 2.87. The molecule has 0 aliphatic carbocycles. The summed E-state index contributed by atoms with van der Waals surface area (Å²) in [7, 11) is 0. The fourth-order valence-corrected chi connectivity index (χ4v) is 3.99. The van der Waals surface area contributed by atoms with Gasteiger partial charge in [-0.15, -0.1) is 0 Å². The minimum absolute atomic E-state index is 0.0173. The summed E-state index contributed by atoms with van der Waals surface area (Å²) < 4.78 is 8.30. The second-order valence-electron chi connectivity index (χ2n) is 7.80. The first-order valence-electron chi connectivity index (χ1n) is 10.9. The minimum atomic E-state index is -0.0203. The molecule has 2 atom stereocenters. The number of ether oxygens (including phenoxy) is 1. The highest BCUT2D eigenvalue weighted by Gasteiger charge is 2.33. The summed E-state index contributed by atoms with van der Waals surface area (Å²) in [4.78, 5) is 24.4. The Bertz CT molecular complexity index is 1130. The quantitative estimate of drug-likeness (QED) is 0.461. The van der Waals surface area contributed by atoms with Crippen molar-refractivity contribution in [3.8, 4) is 17.1 Å². The van der Waals surface area contributed by atoms with E-state index in [4.69, 9.17) is 4.74 Å². The topological polar surface area (TPSA) is 81.9 Å². The lowest BCUT2D eigenvalue weighted by atomic mass is 10.0. The number of piperidine rings is 1. The molecule has 1 aromatic carbocycles. The third kappa shape index (κ3) is 4.30. The number of hydrogen-bond donors (Lipinski definition) is 0. The highest BCUT2D eigenvalue weighted by atomic mass is 16.5. The van der Waals surface area contributed by atoms with Crippen molar-refractivity contribution in [2.75, 3.05) is 11.4 Å². The van der Waals surface area contributed by atoms with Crippen LogP contribution in [-0.2, 0) is 6.42 Å². The summed E-state index contributed by atoms with van der Waals surface area (Å²) in [5, 5.41) is 0. The smallest absolute Gasteiger partial charge is 0.226 e.